The van der Waals surface area contributed by atoms with E-state index in [2.05, 4.69) is 201 Å². The SMILES string of the molecule is CC1(c2ccccc2)c2ccccc2-c2c(-c3ccc4cc(-c5cc(-c6cccc7c(-c8ccccc8)cccc67)nc(-c6ccccc6)n5)ccc4c3)cccc21. The maximum absolute atomic E-state index is 5.22. The maximum atomic E-state index is 5.22. The lowest BCUT2D eigenvalue weighted by Gasteiger charge is -2.28. The van der Waals surface area contributed by atoms with E-state index in [9.17, 15) is 0 Å². The molecule has 0 aliphatic heterocycles. The van der Waals surface area contributed by atoms with Crippen LogP contribution in [0.3, 0.4) is 0 Å². The molecule has 9 aromatic carbocycles. The van der Waals surface area contributed by atoms with E-state index in [-0.39, 0.29) is 5.41 Å². The summed E-state index contributed by atoms with van der Waals surface area (Å²) in [5, 5.41) is 4.72. The van der Waals surface area contributed by atoms with Crippen LogP contribution in [-0.2, 0) is 5.41 Å². The predicted octanol–water partition coefficient (Wildman–Crippen LogP) is 14.5. The first-order chi connectivity index (χ1) is 28.6. The van der Waals surface area contributed by atoms with E-state index in [1.54, 1.807) is 0 Å². The summed E-state index contributed by atoms with van der Waals surface area (Å²) in [6, 6.07) is 76.5. The van der Waals surface area contributed by atoms with E-state index in [0.717, 1.165) is 33.5 Å². The minimum atomic E-state index is -0.236. The van der Waals surface area contributed by atoms with Gasteiger partial charge in [-0.3, -0.25) is 0 Å². The maximum Gasteiger partial charge on any atom is 0.160 e. The Bertz CT molecular complexity index is 3170. The zero-order chi connectivity index (χ0) is 38.6. The molecule has 1 unspecified atom stereocenters. The van der Waals surface area contributed by atoms with Crippen molar-refractivity contribution in [2.45, 2.75) is 12.3 Å². The van der Waals surface area contributed by atoms with Gasteiger partial charge in [0.2, 0.25) is 0 Å². The van der Waals surface area contributed by atoms with Gasteiger partial charge >= 0.3 is 0 Å². The quantitative estimate of drug-likeness (QED) is 0.170. The predicted molar refractivity (Wildman–Crippen MR) is 242 cm³/mol. The first-order valence-corrected chi connectivity index (χ1v) is 20.0. The third-order valence-corrected chi connectivity index (χ3v) is 12.2. The molecule has 10 aromatic rings. The molecule has 0 saturated carbocycles. The van der Waals surface area contributed by atoms with Crippen LogP contribution in [0.2, 0.25) is 0 Å². The van der Waals surface area contributed by atoms with Crippen LogP contribution < -0.4 is 0 Å². The zero-order valence-corrected chi connectivity index (χ0v) is 32.1. The highest BCUT2D eigenvalue weighted by Gasteiger charge is 2.41. The van der Waals surface area contributed by atoms with Crippen molar-refractivity contribution in [3.8, 4) is 67.3 Å². The largest absolute Gasteiger partial charge is 0.228 e. The smallest absolute Gasteiger partial charge is 0.160 e. The van der Waals surface area contributed by atoms with Crippen LogP contribution >= 0.6 is 0 Å². The minimum absolute atomic E-state index is 0.236. The molecule has 0 radical (unpaired) electrons. The Morgan fingerprint density at radius 2 is 0.879 bits per heavy atom. The molecule has 272 valence electrons. The Labute approximate surface area is 338 Å². The monoisotopic (exact) mass is 738 g/mol. The van der Waals surface area contributed by atoms with E-state index in [0.29, 0.717) is 5.82 Å². The van der Waals surface area contributed by atoms with Crippen molar-refractivity contribution in [2.75, 3.05) is 0 Å². The van der Waals surface area contributed by atoms with Crippen molar-refractivity contribution in [3.63, 3.8) is 0 Å². The summed E-state index contributed by atoms with van der Waals surface area (Å²) in [7, 11) is 0. The Morgan fingerprint density at radius 3 is 1.64 bits per heavy atom. The summed E-state index contributed by atoms with van der Waals surface area (Å²) in [4.78, 5) is 10.4. The molecule has 0 saturated heterocycles. The molecule has 2 heteroatoms. The molecule has 0 bridgehead atoms. The second-order valence-corrected chi connectivity index (χ2v) is 15.4. The molecular weight excluding hydrogens is 701 g/mol. The van der Waals surface area contributed by atoms with E-state index in [1.807, 2.05) is 18.2 Å². The summed E-state index contributed by atoms with van der Waals surface area (Å²) >= 11 is 0. The average molecular weight is 739 g/mol. The number of benzene rings is 9. The molecule has 0 N–H and O–H groups in total. The minimum Gasteiger partial charge on any atom is -0.228 e. The number of hydrogen-bond acceptors (Lipinski definition) is 2. The van der Waals surface area contributed by atoms with Crippen molar-refractivity contribution in [3.05, 3.63) is 229 Å². The Morgan fingerprint density at radius 1 is 0.345 bits per heavy atom. The third-order valence-electron chi connectivity index (χ3n) is 12.2. The highest BCUT2D eigenvalue weighted by atomic mass is 14.9. The number of nitrogens with zero attached hydrogens (tertiary/aromatic N) is 2. The molecule has 58 heavy (non-hydrogen) atoms. The Hall–Kier alpha value is -7.42. The lowest BCUT2D eigenvalue weighted by molar-refractivity contribution is 0.714. The van der Waals surface area contributed by atoms with Gasteiger partial charge in [0, 0.05) is 22.1 Å². The van der Waals surface area contributed by atoms with Crippen LogP contribution in [-0.4, -0.2) is 9.97 Å². The van der Waals surface area contributed by atoms with E-state index in [4.69, 9.17) is 9.97 Å². The molecule has 0 amide bonds. The fourth-order valence-corrected chi connectivity index (χ4v) is 9.29. The molecule has 1 heterocycles. The normalized spacial score (nSPS) is 14.4. The van der Waals surface area contributed by atoms with Crippen molar-refractivity contribution in [1.29, 1.82) is 0 Å². The standard InChI is InChI=1S/C56H38N2/c1-56(43-20-9-4-10-21-43)50-28-12-11-22-49(50)54-45(24-15-29-51(54)56)41-32-30-40-35-42(33-31-39(40)34-41)52-36-53(58-55(57-52)38-18-7-3-8-19-38)48-27-14-25-46-44(23-13-26-47(46)48)37-16-5-2-6-17-37/h2-36H,1H3. The van der Waals surface area contributed by atoms with E-state index in [1.165, 1.54) is 66.2 Å². The highest BCUT2D eigenvalue weighted by Crippen LogP contribution is 2.55. The van der Waals surface area contributed by atoms with Gasteiger partial charge in [-0.15, -0.1) is 0 Å². The van der Waals surface area contributed by atoms with Gasteiger partial charge in [-0.25, -0.2) is 9.97 Å². The zero-order valence-electron chi connectivity index (χ0n) is 32.1. The highest BCUT2D eigenvalue weighted by molar-refractivity contribution is 6.04. The number of hydrogen-bond donors (Lipinski definition) is 0. The van der Waals surface area contributed by atoms with Crippen LogP contribution in [0.15, 0.2) is 212 Å². The molecule has 11 rings (SSSR count). The van der Waals surface area contributed by atoms with Gasteiger partial charge < -0.3 is 0 Å². The first kappa shape index (κ1) is 33.9. The van der Waals surface area contributed by atoms with Crippen LogP contribution in [0.5, 0.6) is 0 Å². The fourth-order valence-electron chi connectivity index (χ4n) is 9.29. The van der Waals surface area contributed by atoms with Crippen molar-refractivity contribution in [2.24, 2.45) is 0 Å². The van der Waals surface area contributed by atoms with Crippen LogP contribution in [0, 0.1) is 0 Å². The van der Waals surface area contributed by atoms with Crippen molar-refractivity contribution >= 4 is 21.5 Å². The van der Waals surface area contributed by atoms with Gasteiger partial charge in [-0.05, 0) is 96.7 Å². The molecule has 1 aliphatic carbocycles. The summed E-state index contributed by atoms with van der Waals surface area (Å²) in [5.74, 6) is 0.709. The number of fused-ring (bicyclic) bond motifs is 5. The first-order valence-electron chi connectivity index (χ1n) is 20.0. The second kappa shape index (κ2) is 13.7. The number of aromatic nitrogens is 2. The molecular formula is C56H38N2. The molecule has 1 aromatic heterocycles. The van der Waals surface area contributed by atoms with Gasteiger partial charge in [0.05, 0.1) is 11.4 Å². The Balaban J connectivity index is 1.03. The van der Waals surface area contributed by atoms with Crippen LogP contribution in [0.25, 0.3) is 88.8 Å². The molecule has 0 spiro atoms. The van der Waals surface area contributed by atoms with Gasteiger partial charge in [0.1, 0.15) is 0 Å². The van der Waals surface area contributed by atoms with Crippen molar-refractivity contribution < 1.29 is 0 Å². The third kappa shape index (κ3) is 5.49. The van der Waals surface area contributed by atoms with Gasteiger partial charge in [0.15, 0.2) is 5.82 Å². The summed E-state index contributed by atoms with van der Waals surface area (Å²) in [6.07, 6.45) is 0. The van der Waals surface area contributed by atoms with Gasteiger partial charge in [-0.2, -0.15) is 0 Å². The fraction of sp³-hybridized carbons (Fsp3) is 0.0357. The summed E-state index contributed by atoms with van der Waals surface area (Å²) in [5.41, 5.74) is 16.2. The number of rotatable bonds is 6. The van der Waals surface area contributed by atoms with Crippen molar-refractivity contribution in [1.82, 2.24) is 9.97 Å². The van der Waals surface area contributed by atoms with Crippen LogP contribution in [0.4, 0.5) is 0 Å². The Kier molecular flexibility index (Phi) is 7.97. The lowest BCUT2D eigenvalue weighted by atomic mass is 9.74. The van der Waals surface area contributed by atoms with E-state index >= 15 is 0 Å². The molecule has 1 atom stereocenters. The van der Waals surface area contributed by atoms with Crippen LogP contribution in [0.1, 0.15) is 23.6 Å². The lowest BCUT2D eigenvalue weighted by Crippen LogP contribution is -2.22. The summed E-state index contributed by atoms with van der Waals surface area (Å²) in [6.45, 7) is 2.38. The van der Waals surface area contributed by atoms with Gasteiger partial charge in [-0.1, -0.05) is 194 Å². The van der Waals surface area contributed by atoms with Gasteiger partial charge in [0.25, 0.3) is 0 Å². The summed E-state index contributed by atoms with van der Waals surface area (Å²) < 4.78 is 0. The molecule has 2 nitrogen and oxygen atoms in total. The average Bonchev–Trinajstić information content (AvgIpc) is 3.57. The molecule has 1 aliphatic rings. The molecule has 0 fully saturated rings. The second-order valence-electron chi connectivity index (χ2n) is 15.4. The van der Waals surface area contributed by atoms with E-state index < -0.39 is 0 Å². The topological polar surface area (TPSA) is 25.8 Å².